The molecule has 2 heterocycles. The third-order valence-corrected chi connectivity index (χ3v) is 11.7. The van der Waals surface area contributed by atoms with Crippen LogP contribution in [0.4, 0.5) is 21.0 Å². The Kier molecular flexibility index (Phi) is 18.3. The first kappa shape index (κ1) is 52.5. The topological polar surface area (TPSA) is 219 Å². The summed E-state index contributed by atoms with van der Waals surface area (Å²) in [6, 6.07) is 48.6. The zero-order chi connectivity index (χ0) is 51.7. The Bertz CT molecular complexity index is 2710. The fourth-order valence-corrected chi connectivity index (χ4v) is 8.31. The van der Waals surface area contributed by atoms with Crippen molar-refractivity contribution in [2.24, 2.45) is 0 Å². The summed E-state index contributed by atoms with van der Waals surface area (Å²) in [5.74, 6) is -6.71. The van der Waals surface area contributed by atoms with Gasteiger partial charge in [-0.1, -0.05) is 159 Å². The molecule has 0 aliphatic carbocycles. The quantitative estimate of drug-likeness (QED) is 0.0808. The van der Waals surface area contributed by atoms with Gasteiger partial charge in [-0.15, -0.1) is 0 Å². The predicted octanol–water partition coefficient (Wildman–Crippen LogP) is 7.41. The Morgan fingerprint density at radius 1 is 0.514 bits per heavy atom. The van der Waals surface area contributed by atoms with Crippen LogP contribution in [0, 0.1) is 0 Å². The molecule has 368 valence electrons. The van der Waals surface area contributed by atoms with E-state index in [-0.39, 0.29) is 25.3 Å². The number of aryl methyl sites for hydroxylation is 2. The Hall–Kier alpha value is -8.89. The summed E-state index contributed by atoms with van der Waals surface area (Å²) in [7, 11) is 0. The molecule has 3 N–H and O–H groups in total. The Morgan fingerprint density at radius 3 is 1.36 bits per heavy atom. The molecule has 1 unspecified atom stereocenters. The van der Waals surface area contributed by atoms with Crippen molar-refractivity contribution in [2.45, 2.75) is 51.5 Å². The molecule has 8 rings (SSSR count). The smallest absolute Gasteiger partial charge is 0.342 e. The summed E-state index contributed by atoms with van der Waals surface area (Å²) in [5.41, 5.74) is 6.00. The molecule has 2 saturated heterocycles. The Morgan fingerprint density at radius 2 is 0.931 bits per heavy atom. The summed E-state index contributed by atoms with van der Waals surface area (Å²) in [6.07, 6.45) is 1.82. The Labute approximate surface area is 416 Å². The normalized spacial score (nSPS) is 14.8. The zero-order valence-electron chi connectivity index (χ0n) is 39.6. The number of Topliss-reactive ketones (excluding diaryl/α,β-unsaturated/α-hetero) is 1. The summed E-state index contributed by atoms with van der Waals surface area (Å²) in [5, 5.41) is 19.9. The van der Waals surface area contributed by atoms with E-state index in [9.17, 15) is 43.2 Å². The van der Waals surface area contributed by atoms with E-state index in [1.54, 1.807) is 109 Å². The first-order valence-electron chi connectivity index (χ1n) is 23.1. The molecule has 72 heavy (non-hydrogen) atoms. The van der Waals surface area contributed by atoms with Crippen LogP contribution in [0.25, 0.3) is 0 Å². The van der Waals surface area contributed by atoms with Crippen molar-refractivity contribution >= 4 is 64.8 Å². The number of hydrogen-bond acceptors (Lipinski definition) is 10. The van der Waals surface area contributed by atoms with Gasteiger partial charge in [0, 0.05) is 6.42 Å². The molecular formula is C56H53N5O11. The van der Waals surface area contributed by atoms with Gasteiger partial charge in [0.15, 0.2) is 5.78 Å². The van der Waals surface area contributed by atoms with Gasteiger partial charge in [0.1, 0.15) is 11.8 Å². The molecule has 16 heteroatoms. The number of barbiturate groups is 2. The number of nitrogens with one attached hydrogen (secondary N) is 1. The van der Waals surface area contributed by atoms with E-state index < -0.39 is 72.6 Å². The number of rotatable bonds is 16. The number of para-hydroxylation sites is 2. The maximum atomic E-state index is 13.2. The van der Waals surface area contributed by atoms with Crippen LogP contribution < -0.4 is 15.1 Å². The van der Waals surface area contributed by atoms with Crippen LogP contribution in [-0.4, -0.2) is 93.1 Å². The second kappa shape index (κ2) is 25.1. The van der Waals surface area contributed by atoms with Crippen molar-refractivity contribution in [2.75, 3.05) is 29.4 Å². The molecule has 6 aromatic carbocycles. The van der Waals surface area contributed by atoms with Crippen LogP contribution in [0.2, 0.25) is 0 Å². The lowest BCUT2D eigenvalue weighted by Crippen LogP contribution is -2.59. The number of carbonyl (C=O) groups excluding carboxylic acids is 7. The standard InChI is InChI=1S/C22H16N2O3.C17H14N2O3.C17H23NO5/c25-20-19(16-10-4-1-5-11-16)21(26)24(18-14-8-3-9-15-18)22(27)23(20)17-12-6-2-7-13-17;20-15-14(13-9-5-2-6-10-13)16(21)19(17(22)18-15)11-12-7-3-1-4-8-12;1-3-12-6-5-7-13(4-2)15(12)8-14(19)9-18(10-16(20)21)11-17(22)23/h1-15,19H;1-10,14H,11H2,(H,18,20,22);5-7H,3-4,8-11H2,1-2H3,(H,20,21)(H,22,23). The highest BCUT2D eigenvalue weighted by Gasteiger charge is 2.48. The number of urea groups is 2. The van der Waals surface area contributed by atoms with Crippen molar-refractivity contribution in [3.63, 3.8) is 0 Å². The number of ketones is 1. The van der Waals surface area contributed by atoms with Gasteiger partial charge in [0.25, 0.3) is 11.8 Å². The first-order chi connectivity index (χ1) is 34.7. The minimum absolute atomic E-state index is 0.141. The van der Waals surface area contributed by atoms with Gasteiger partial charge in [-0.3, -0.25) is 48.7 Å². The maximum Gasteiger partial charge on any atom is 0.342 e. The van der Waals surface area contributed by atoms with Crippen molar-refractivity contribution in [3.05, 3.63) is 203 Å². The summed E-state index contributed by atoms with van der Waals surface area (Å²) in [4.78, 5) is 114. The molecule has 0 aromatic heterocycles. The van der Waals surface area contributed by atoms with Crippen LogP contribution in [-0.2, 0) is 59.4 Å². The molecule has 2 aliphatic rings. The average molecular weight is 972 g/mol. The maximum absolute atomic E-state index is 13.2. The molecule has 0 saturated carbocycles. The van der Waals surface area contributed by atoms with E-state index in [1.807, 2.05) is 74.5 Å². The number of carboxylic acid groups (broad SMARTS) is 2. The average Bonchev–Trinajstić information content (AvgIpc) is 3.37. The van der Waals surface area contributed by atoms with Crippen LogP contribution in [0.3, 0.4) is 0 Å². The molecule has 1 atom stereocenters. The van der Waals surface area contributed by atoms with Gasteiger partial charge < -0.3 is 10.2 Å². The highest BCUT2D eigenvalue weighted by molar-refractivity contribution is 6.38. The molecule has 2 aliphatic heterocycles. The van der Waals surface area contributed by atoms with Gasteiger partial charge >= 0.3 is 24.0 Å². The van der Waals surface area contributed by atoms with E-state index in [0.717, 1.165) is 54.7 Å². The molecule has 0 radical (unpaired) electrons. The largest absolute Gasteiger partial charge is 0.480 e. The van der Waals surface area contributed by atoms with Crippen LogP contribution in [0.1, 0.15) is 59.1 Å². The van der Waals surface area contributed by atoms with Crippen molar-refractivity contribution < 1.29 is 53.4 Å². The number of carbonyl (C=O) groups is 9. The third-order valence-electron chi connectivity index (χ3n) is 11.7. The van der Waals surface area contributed by atoms with Crippen molar-refractivity contribution in [3.8, 4) is 0 Å². The fraction of sp³-hybridized carbons (Fsp3) is 0.196. The van der Waals surface area contributed by atoms with E-state index in [2.05, 4.69) is 5.32 Å². The minimum atomic E-state index is -1.15. The van der Waals surface area contributed by atoms with E-state index in [4.69, 9.17) is 10.2 Å². The SMILES string of the molecule is CCc1cccc(CC)c1CC(=O)CN(CC(=O)O)CC(=O)O.O=C1C(c2ccccc2)C(=O)N(c2ccccc2)C(=O)N1c1ccccc1.O=C1NC(=O)N(Cc2ccccc2)C(=O)C1c1ccccc1. The summed E-state index contributed by atoms with van der Waals surface area (Å²) >= 11 is 0. The number of amides is 8. The lowest BCUT2D eigenvalue weighted by Gasteiger charge is -2.37. The number of carboxylic acids is 2. The van der Waals surface area contributed by atoms with E-state index in [0.29, 0.717) is 22.5 Å². The van der Waals surface area contributed by atoms with Gasteiger partial charge in [0.2, 0.25) is 11.8 Å². The predicted molar refractivity (Wildman–Crippen MR) is 268 cm³/mol. The molecule has 0 spiro atoms. The van der Waals surface area contributed by atoms with Crippen LogP contribution in [0.15, 0.2) is 170 Å². The van der Waals surface area contributed by atoms with Gasteiger partial charge in [-0.25, -0.2) is 19.4 Å². The molecule has 2 fully saturated rings. The molecular weight excluding hydrogens is 919 g/mol. The monoisotopic (exact) mass is 971 g/mol. The van der Waals surface area contributed by atoms with Crippen molar-refractivity contribution in [1.29, 1.82) is 0 Å². The molecule has 16 nitrogen and oxygen atoms in total. The van der Waals surface area contributed by atoms with Gasteiger partial charge in [-0.2, -0.15) is 0 Å². The number of anilines is 2. The first-order valence-corrected chi connectivity index (χ1v) is 23.1. The summed E-state index contributed by atoms with van der Waals surface area (Å²) < 4.78 is 0. The summed E-state index contributed by atoms with van der Waals surface area (Å²) in [6.45, 7) is 3.07. The van der Waals surface area contributed by atoms with Crippen LogP contribution >= 0.6 is 0 Å². The lowest BCUT2D eigenvalue weighted by atomic mass is 9.93. The van der Waals surface area contributed by atoms with Gasteiger partial charge in [0.05, 0.1) is 37.6 Å². The highest BCUT2D eigenvalue weighted by Crippen LogP contribution is 2.33. The fourth-order valence-electron chi connectivity index (χ4n) is 8.31. The van der Waals surface area contributed by atoms with Crippen molar-refractivity contribution in [1.82, 2.24) is 15.1 Å². The van der Waals surface area contributed by atoms with Gasteiger partial charge in [-0.05, 0) is 70.5 Å². The lowest BCUT2D eigenvalue weighted by molar-refractivity contribution is -0.143. The number of nitrogens with zero attached hydrogens (tertiary/aromatic N) is 4. The van der Waals surface area contributed by atoms with E-state index >= 15 is 0 Å². The number of hydrogen-bond donors (Lipinski definition) is 3. The van der Waals surface area contributed by atoms with E-state index in [1.165, 1.54) is 0 Å². The second-order valence-corrected chi connectivity index (χ2v) is 16.6. The number of aliphatic carboxylic acids is 2. The third kappa shape index (κ3) is 13.2. The second-order valence-electron chi connectivity index (χ2n) is 16.6. The minimum Gasteiger partial charge on any atom is -0.480 e. The number of imide groups is 4. The Balaban J connectivity index is 0.000000178. The zero-order valence-corrected chi connectivity index (χ0v) is 39.6. The molecule has 6 aromatic rings. The molecule has 8 amide bonds. The number of benzene rings is 6. The molecule has 0 bridgehead atoms. The van der Waals surface area contributed by atoms with Crippen LogP contribution in [0.5, 0.6) is 0 Å². The highest BCUT2D eigenvalue weighted by atomic mass is 16.4.